The largest absolute Gasteiger partial charge is 0.499 e. The van der Waals surface area contributed by atoms with Crippen molar-refractivity contribution >= 4 is 6.29 Å². The fourth-order valence-electron chi connectivity index (χ4n) is 1.23. The molecule has 0 N–H and O–H groups in total. The molecule has 0 saturated carbocycles. The standard InChI is InChI=1S/C13H20F2O2/c1-4-17-10(2)6-5-7-12(9-16)8-13(15)11(3)14/h6-7,9,11,13H,4-5,8H2,1-3H3/b10-6+,12-7+. The van der Waals surface area contributed by atoms with Crippen molar-refractivity contribution in [3.05, 3.63) is 23.5 Å². The van der Waals surface area contributed by atoms with Gasteiger partial charge in [-0.25, -0.2) is 8.78 Å². The molecule has 0 aliphatic heterocycles. The second-order valence-electron chi connectivity index (χ2n) is 3.78. The predicted molar refractivity (Wildman–Crippen MR) is 64.2 cm³/mol. The molecule has 98 valence electrons. The molecular weight excluding hydrogens is 226 g/mol. The molecule has 0 fully saturated rings. The molecule has 0 aromatic heterocycles. The lowest BCUT2D eigenvalue weighted by Crippen LogP contribution is -2.14. The van der Waals surface area contributed by atoms with Gasteiger partial charge >= 0.3 is 0 Å². The van der Waals surface area contributed by atoms with E-state index in [9.17, 15) is 13.6 Å². The molecule has 2 atom stereocenters. The van der Waals surface area contributed by atoms with Gasteiger partial charge in [0.25, 0.3) is 0 Å². The molecule has 17 heavy (non-hydrogen) atoms. The van der Waals surface area contributed by atoms with Crippen LogP contribution in [0, 0.1) is 0 Å². The Morgan fingerprint density at radius 3 is 2.47 bits per heavy atom. The average Bonchev–Trinajstić information content (AvgIpc) is 2.27. The Morgan fingerprint density at radius 1 is 1.35 bits per heavy atom. The Labute approximate surface area is 101 Å². The number of aldehydes is 1. The summed E-state index contributed by atoms with van der Waals surface area (Å²) in [6, 6.07) is 0. The van der Waals surface area contributed by atoms with Crippen molar-refractivity contribution in [2.75, 3.05) is 6.61 Å². The molecule has 0 saturated heterocycles. The van der Waals surface area contributed by atoms with Crippen molar-refractivity contribution in [1.82, 2.24) is 0 Å². The van der Waals surface area contributed by atoms with Gasteiger partial charge in [-0.1, -0.05) is 6.08 Å². The van der Waals surface area contributed by atoms with Crippen LogP contribution in [-0.2, 0) is 9.53 Å². The van der Waals surface area contributed by atoms with E-state index in [1.165, 1.54) is 0 Å². The number of alkyl halides is 2. The van der Waals surface area contributed by atoms with Crippen molar-refractivity contribution in [3.63, 3.8) is 0 Å². The third kappa shape index (κ3) is 7.66. The van der Waals surface area contributed by atoms with E-state index in [0.717, 1.165) is 12.7 Å². The lowest BCUT2D eigenvalue weighted by molar-refractivity contribution is -0.105. The van der Waals surface area contributed by atoms with E-state index in [2.05, 4.69) is 0 Å². The van der Waals surface area contributed by atoms with Crippen LogP contribution >= 0.6 is 0 Å². The van der Waals surface area contributed by atoms with Crippen molar-refractivity contribution in [2.24, 2.45) is 0 Å². The quantitative estimate of drug-likeness (QED) is 0.372. The molecule has 0 aliphatic carbocycles. The summed E-state index contributed by atoms with van der Waals surface area (Å²) in [5, 5.41) is 0. The number of ether oxygens (including phenoxy) is 1. The summed E-state index contributed by atoms with van der Waals surface area (Å²) < 4.78 is 30.8. The summed E-state index contributed by atoms with van der Waals surface area (Å²) in [6.45, 7) is 5.41. The topological polar surface area (TPSA) is 26.3 Å². The summed E-state index contributed by atoms with van der Waals surface area (Å²) in [5.41, 5.74) is 0.280. The van der Waals surface area contributed by atoms with Crippen LogP contribution in [0.15, 0.2) is 23.5 Å². The van der Waals surface area contributed by atoms with E-state index in [-0.39, 0.29) is 12.0 Å². The smallest absolute Gasteiger partial charge is 0.145 e. The molecule has 0 rings (SSSR count). The van der Waals surface area contributed by atoms with Gasteiger partial charge in [-0.2, -0.15) is 0 Å². The molecule has 0 amide bonds. The minimum atomic E-state index is -1.62. The Hall–Kier alpha value is -1.19. The fourth-order valence-corrected chi connectivity index (χ4v) is 1.23. The first-order valence-corrected chi connectivity index (χ1v) is 5.73. The van der Waals surface area contributed by atoms with Gasteiger partial charge in [0.05, 0.1) is 12.4 Å². The van der Waals surface area contributed by atoms with Gasteiger partial charge in [0.2, 0.25) is 0 Å². The average molecular weight is 246 g/mol. The van der Waals surface area contributed by atoms with E-state index in [4.69, 9.17) is 4.74 Å². The lowest BCUT2D eigenvalue weighted by atomic mass is 10.1. The van der Waals surface area contributed by atoms with Crippen molar-refractivity contribution in [2.45, 2.75) is 46.0 Å². The van der Waals surface area contributed by atoms with Crippen LogP contribution < -0.4 is 0 Å². The summed E-state index contributed by atoms with van der Waals surface area (Å²) in [6.07, 6.45) is 1.07. The summed E-state index contributed by atoms with van der Waals surface area (Å²) >= 11 is 0. The first-order chi connectivity index (χ1) is 8.01. The number of rotatable bonds is 8. The summed E-state index contributed by atoms with van der Waals surface area (Å²) in [5.74, 6) is 0.754. The number of hydrogen-bond donors (Lipinski definition) is 0. The van der Waals surface area contributed by atoms with Gasteiger partial charge in [0.15, 0.2) is 0 Å². The zero-order valence-electron chi connectivity index (χ0n) is 10.6. The fraction of sp³-hybridized carbons (Fsp3) is 0.615. The van der Waals surface area contributed by atoms with Crippen LogP contribution in [0.1, 0.15) is 33.6 Å². The van der Waals surface area contributed by atoms with E-state index < -0.39 is 12.3 Å². The van der Waals surface area contributed by atoms with Crippen LogP contribution in [0.2, 0.25) is 0 Å². The van der Waals surface area contributed by atoms with E-state index in [1.54, 1.807) is 19.1 Å². The van der Waals surface area contributed by atoms with Crippen LogP contribution in [0.25, 0.3) is 0 Å². The van der Waals surface area contributed by atoms with Gasteiger partial charge in [-0.05, 0) is 38.8 Å². The Morgan fingerprint density at radius 2 is 2.00 bits per heavy atom. The molecular formula is C13H20F2O2. The molecule has 0 aromatic rings. The molecule has 4 heteroatoms. The zero-order valence-corrected chi connectivity index (χ0v) is 10.6. The highest BCUT2D eigenvalue weighted by molar-refractivity contribution is 5.73. The van der Waals surface area contributed by atoms with Crippen molar-refractivity contribution in [1.29, 1.82) is 0 Å². The highest BCUT2D eigenvalue weighted by atomic mass is 19.2. The lowest BCUT2D eigenvalue weighted by Gasteiger charge is -2.08. The normalized spacial score (nSPS) is 16.5. The van der Waals surface area contributed by atoms with Gasteiger partial charge in [0, 0.05) is 6.42 Å². The summed E-state index contributed by atoms with van der Waals surface area (Å²) in [4.78, 5) is 10.7. The van der Waals surface area contributed by atoms with Crippen LogP contribution in [-0.4, -0.2) is 25.2 Å². The number of carbonyl (C=O) groups excluding carboxylic acids is 1. The van der Waals surface area contributed by atoms with E-state index in [0.29, 0.717) is 19.3 Å². The van der Waals surface area contributed by atoms with Crippen molar-refractivity contribution in [3.8, 4) is 0 Å². The van der Waals surface area contributed by atoms with E-state index in [1.807, 2.05) is 6.92 Å². The predicted octanol–water partition coefficient (Wildman–Crippen LogP) is 3.53. The Bertz CT molecular complexity index is 283. The first-order valence-electron chi connectivity index (χ1n) is 5.73. The molecule has 0 bridgehead atoms. The van der Waals surface area contributed by atoms with E-state index >= 15 is 0 Å². The minimum Gasteiger partial charge on any atom is -0.499 e. The number of carbonyl (C=O) groups is 1. The van der Waals surface area contributed by atoms with Crippen LogP contribution in [0.5, 0.6) is 0 Å². The highest BCUT2D eigenvalue weighted by Gasteiger charge is 2.16. The second-order valence-corrected chi connectivity index (χ2v) is 3.78. The molecule has 0 aromatic carbocycles. The number of hydrogen-bond acceptors (Lipinski definition) is 2. The zero-order chi connectivity index (χ0) is 13.3. The molecule has 2 unspecified atom stereocenters. The number of allylic oxidation sites excluding steroid dienone is 4. The van der Waals surface area contributed by atoms with Gasteiger partial charge in [-0.3, -0.25) is 4.79 Å². The van der Waals surface area contributed by atoms with Gasteiger partial charge in [-0.15, -0.1) is 0 Å². The SMILES string of the molecule is CCO/C(C)=C/C/C=C(/C=O)CC(F)C(C)F. The maximum atomic E-state index is 13.1. The molecule has 0 spiro atoms. The third-order valence-electron chi connectivity index (χ3n) is 2.24. The highest BCUT2D eigenvalue weighted by Crippen LogP contribution is 2.13. The minimum absolute atomic E-state index is 0.178. The maximum Gasteiger partial charge on any atom is 0.145 e. The Kier molecular flexibility index (Phi) is 8.28. The second kappa shape index (κ2) is 8.90. The molecule has 0 heterocycles. The molecule has 0 radical (unpaired) electrons. The monoisotopic (exact) mass is 246 g/mol. The maximum absolute atomic E-state index is 13.1. The third-order valence-corrected chi connectivity index (χ3v) is 2.24. The molecule has 2 nitrogen and oxygen atoms in total. The summed E-state index contributed by atoms with van der Waals surface area (Å²) in [7, 11) is 0. The van der Waals surface area contributed by atoms with Gasteiger partial charge < -0.3 is 4.74 Å². The van der Waals surface area contributed by atoms with Crippen LogP contribution in [0.3, 0.4) is 0 Å². The molecule has 0 aliphatic rings. The Balaban J connectivity index is 4.27. The first kappa shape index (κ1) is 15.8. The van der Waals surface area contributed by atoms with Gasteiger partial charge in [0.1, 0.15) is 18.6 Å². The van der Waals surface area contributed by atoms with Crippen LogP contribution in [0.4, 0.5) is 8.78 Å². The number of halogens is 2. The van der Waals surface area contributed by atoms with Crippen molar-refractivity contribution < 1.29 is 18.3 Å².